The number of hydrogen-bond donors (Lipinski definition) is 2. The van der Waals surface area contributed by atoms with Crippen molar-refractivity contribution in [2.75, 3.05) is 5.73 Å². The van der Waals surface area contributed by atoms with Crippen molar-refractivity contribution in [3.8, 4) is 11.1 Å². The monoisotopic (exact) mass is 160 g/mol. The van der Waals surface area contributed by atoms with Gasteiger partial charge in [0.05, 0.1) is 6.20 Å². The number of nitrogens with one attached hydrogen (secondary N) is 1. The molecule has 0 amide bonds. The zero-order valence-corrected chi connectivity index (χ0v) is 6.36. The molecule has 0 bridgehead atoms. The van der Waals surface area contributed by atoms with E-state index in [9.17, 15) is 0 Å². The molecule has 2 aromatic heterocycles. The van der Waals surface area contributed by atoms with E-state index in [2.05, 4.69) is 15.2 Å². The summed E-state index contributed by atoms with van der Waals surface area (Å²) in [7, 11) is 0. The predicted molar refractivity (Wildman–Crippen MR) is 46.2 cm³/mol. The number of hydrogen-bond acceptors (Lipinski definition) is 3. The Kier molecular flexibility index (Phi) is 1.51. The van der Waals surface area contributed by atoms with Crippen molar-refractivity contribution in [2.24, 2.45) is 0 Å². The summed E-state index contributed by atoms with van der Waals surface area (Å²) in [6, 6.07) is 3.70. The Balaban J connectivity index is 2.48. The molecule has 2 rings (SSSR count). The van der Waals surface area contributed by atoms with Gasteiger partial charge in [0.1, 0.15) is 5.82 Å². The number of rotatable bonds is 1. The molecule has 0 fully saturated rings. The smallest absolute Gasteiger partial charge is 0.123 e. The zero-order chi connectivity index (χ0) is 8.39. The third kappa shape index (κ3) is 1.14. The van der Waals surface area contributed by atoms with Crippen molar-refractivity contribution in [1.29, 1.82) is 0 Å². The molecule has 4 heteroatoms. The van der Waals surface area contributed by atoms with Crippen LogP contribution < -0.4 is 5.73 Å². The zero-order valence-electron chi connectivity index (χ0n) is 6.36. The number of H-pyrrole nitrogens is 1. The molecular weight excluding hydrogens is 152 g/mol. The number of aromatic nitrogens is 3. The predicted octanol–water partition coefficient (Wildman–Crippen LogP) is 1.05. The Morgan fingerprint density at radius 1 is 1.33 bits per heavy atom. The average molecular weight is 160 g/mol. The van der Waals surface area contributed by atoms with Crippen LogP contribution in [0.15, 0.2) is 30.7 Å². The molecule has 4 nitrogen and oxygen atoms in total. The topological polar surface area (TPSA) is 67.6 Å². The van der Waals surface area contributed by atoms with Crippen LogP contribution in [-0.4, -0.2) is 15.2 Å². The fourth-order valence-corrected chi connectivity index (χ4v) is 1.04. The Labute approximate surface area is 69.4 Å². The highest BCUT2D eigenvalue weighted by Gasteiger charge is 1.97. The van der Waals surface area contributed by atoms with E-state index in [4.69, 9.17) is 5.73 Å². The summed E-state index contributed by atoms with van der Waals surface area (Å²) in [4.78, 5) is 3.90. The molecule has 0 atom stereocenters. The van der Waals surface area contributed by atoms with Gasteiger partial charge in [-0.05, 0) is 17.7 Å². The second-order valence-electron chi connectivity index (χ2n) is 2.46. The highest BCUT2D eigenvalue weighted by Crippen LogP contribution is 2.17. The van der Waals surface area contributed by atoms with Crippen LogP contribution in [0.4, 0.5) is 5.82 Å². The quantitative estimate of drug-likeness (QED) is 0.655. The number of pyridine rings is 1. The van der Waals surface area contributed by atoms with Crippen molar-refractivity contribution in [1.82, 2.24) is 15.2 Å². The van der Waals surface area contributed by atoms with E-state index in [1.165, 1.54) is 0 Å². The Morgan fingerprint density at radius 3 is 2.92 bits per heavy atom. The lowest BCUT2D eigenvalue weighted by atomic mass is 10.1. The molecule has 0 spiro atoms. The van der Waals surface area contributed by atoms with E-state index in [1.807, 2.05) is 18.3 Å². The molecule has 0 aromatic carbocycles. The van der Waals surface area contributed by atoms with Crippen LogP contribution in [0.3, 0.4) is 0 Å². The summed E-state index contributed by atoms with van der Waals surface area (Å²) in [5.74, 6) is 0.522. The molecule has 2 heterocycles. The van der Waals surface area contributed by atoms with Gasteiger partial charge in [-0.3, -0.25) is 5.10 Å². The Morgan fingerprint density at radius 2 is 2.25 bits per heavy atom. The van der Waals surface area contributed by atoms with Crippen LogP contribution in [0.2, 0.25) is 0 Å². The maximum atomic E-state index is 5.52. The number of aromatic amines is 1. The average Bonchev–Trinajstić information content (AvgIpc) is 2.56. The highest BCUT2D eigenvalue weighted by molar-refractivity contribution is 5.63. The molecule has 3 N–H and O–H groups in total. The van der Waals surface area contributed by atoms with E-state index in [-0.39, 0.29) is 0 Å². The SMILES string of the molecule is Nc1cc(-c2cn[nH]c2)ccn1. The van der Waals surface area contributed by atoms with Crippen LogP contribution in [0.25, 0.3) is 11.1 Å². The molecule has 0 aliphatic rings. The molecule has 0 aliphatic carbocycles. The maximum Gasteiger partial charge on any atom is 0.123 e. The van der Waals surface area contributed by atoms with E-state index in [1.54, 1.807) is 12.4 Å². The first-order valence-corrected chi connectivity index (χ1v) is 3.57. The minimum absolute atomic E-state index is 0.522. The van der Waals surface area contributed by atoms with Gasteiger partial charge in [0.25, 0.3) is 0 Å². The summed E-state index contributed by atoms with van der Waals surface area (Å²) in [5, 5.41) is 6.58. The standard InChI is InChI=1S/C8H8N4/c9-8-3-6(1-2-10-8)7-4-11-12-5-7/h1-5H,(H2,9,10)(H,11,12). The van der Waals surface area contributed by atoms with Gasteiger partial charge >= 0.3 is 0 Å². The molecule has 2 aromatic rings. The van der Waals surface area contributed by atoms with Crippen LogP contribution in [0, 0.1) is 0 Å². The van der Waals surface area contributed by atoms with Crippen LogP contribution in [0.1, 0.15) is 0 Å². The van der Waals surface area contributed by atoms with E-state index in [0.717, 1.165) is 11.1 Å². The maximum absolute atomic E-state index is 5.52. The summed E-state index contributed by atoms with van der Waals surface area (Å²) in [5.41, 5.74) is 7.56. The fraction of sp³-hybridized carbons (Fsp3) is 0. The number of nitrogen functional groups attached to an aromatic ring is 1. The highest BCUT2D eigenvalue weighted by atomic mass is 15.1. The van der Waals surface area contributed by atoms with Crippen LogP contribution in [0.5, 0.6) is 0 Å². The third-order valence-corrected chi connectivity index (χ3v) is 1.61. The van der Waals surface area contributed by atoms with Gasteiger partial charge in [0.2, 0.25) is 0 Å². The summed E-state index contributed by atoms with van der Waals surface area (Å²) in [6.07, 6.45) is 5.24. The minimum Gasteiger partial charge on any atom is -0.384 e. The largest absolute Gasteiger partial charge is 0.384 e. The van der Waals surface area contributed by atoms with Gasteiger partial charge in [-0.1, -0.05) is 0 Å². The van der Waals surface area contributed by atoms with Gasteiger partial charge in [0, 0.05) is 18.0 Å². The molecule has 12 heavy (non-hydrogen) atoms. The first-order chi connectivity index (χ1) is 5.86. The molecular formula is C8H8N4. The van der Waals surface area contributed by atoms with Crippen LogP contribution in [-0.2, 0) is 0 Å². The molecule has 0 aliphatic heterocycles. The lowest BCUT2D eigenvalue weighted by molar-refractivity contribution is 1.09. The molecule has 60 valence electrons. The number of nitrogens with two attached hydrogens (primary N) is 1. The normalized spacial score (nSPS) is 10.0. The van der Waals surface area contributed by atoms with Crippen LogP contribution >= 0.6 is 0 Å². The minimum atomic E-state index is 0.522. The summed E-state index contributed by atoms with van der Waals surface area (Å²) in [6.45, 7) is 0. The second-order valence-corrected chi connectivity index (χ2v) is 2.46. The number of nitrogens with zero attached hydrogens (tertiary/aromatic N) is 2. The van der Waals surface area contributed by atoms with Gasteiger partial charge in [-0.15, -0.1) is 0 Å². The summed E-state index contributed by atoms with van der Waals surface area (Å²) < 4.78 is 0. The van der Waals surface area contributed by atoms with E-state index in [0.29, 0.717) is 5.82 Å². The van der Waals surface area contributed by atoms with Crippen molar-refractivity contribution in [2.45, 2.75) is 0 Å². The first kappa shape index (κ1) is 6.84. The Bertz CT molecular complexity index is 366. The van der Waals surface area contributed by atoms with Crippen molar-refractivity contribution >= 4 is 5.82 Å². The van der Waals surface area contributed by atoms with Crippen molar-refractivity contribution < 1.29 is 0 Å². The lowest BCUT2D eigenvalue weighted by Crippen LogP contribution is -1.88. The summed E-state index contributed by atoms with van der Waals surface area (Å²) >= 11 is 0. The van der Waals surface area contributed by atoms with E-state index < -0.39 is 0 Å². The molecule has 0 radical (unpaired) electrons. The fourth-order valence-electron chi connectivity index (χ4n) is 1.04. The van der Waals surface area contributed by atoms with E-state index >= 15 is 0 Å². The van der Waals surface area contributed by atoms with Gasteiger partial charge in [0.15, 0.2) is 0 Å². The Hall–Kier alpha value is -1.84. The van der Waals surface area contributed by atoms with Gasteiger partial charge in [-0.25, -0.2) is 4.98 Å². The molecule has 0 unspecified atom stereocenters. The van der Waals surface area contributed by atoms with Crippen molar-refractivity contribution in [3.05, 3.63) is 30.7 Å². The first-order valence-electron chi connectivity index (χ1n) is 3.57. The van der Waals surface area contributed by atoms with Gasteiger partial charge in [-0.2, -0.15) is 5.10 Å². The molecule has 0 saturated carbocycles. The lowest BCUT2D eigenvalue weighted by Gasteiger charge is -1.96. The number of anilines is 1. The van der Waals surface area contributed by atoms with Crippen molar-refractivity contribution in [3.63, 3.8) is 0 Å². The third-order valence-electron chi connectivity index (χ3n) is 1.61. The molecule has 0 saturated heterocycles. The second kappa shape index (κ2) is 2.65. The van der Waals surface area contributed by atoms with Gasteiger partial charge < -0.3 is 5.73 Å².